The monoisotopic (exact) mass is 264 g/mol. The van der Waals surface area contributed by atoms with Gasteiger partial charge in [-0.3, -0.25) is 0 Å². The fourth-order valence-electron chi connectivity index (χ4n) is 1.53. The molecule has 0 atom stereocenters. The molecule has 0 unspecified atom stereocenters. The van der Waals surface area contributed by atoms with E-state index in [0.29, 0.717) is 17.9 Å². The predicted octanol–water partition coefficient (Wildman–Crippen LogP) is 2.39. The lowest BCUT2D eigenvalue weighted by atomic mass is 10.1. The molecule has 1 heterocycles. The topological polar surface area (TPSA) is 61.3 Å². The van der Waals surface area contributed by atoms with Crippen molar-refractivity contribution in [2.45, 2.75) is 6.92 Å². The summed E-state index contributed by atoms with van der Waals surface area (Å²) in [4.78, 5) is 11.8. The highest BCUT2D eigenvalue weighted by atomic mass is 32.1. The van der Waals surface area contributed by atoms with E-state index < -0.39 is 5.97 Å². The highest BCUT2D eigenvalue weighted by Crippen LogP contribution is 2.26. The first-order valence-corrected chi connectivity index (χ1v) is 6.22. The van der Waals surface area contributed by atoms with E-state index in [1.165, 1.54) is 18.6 Å². The number of aromatic nitrogens is 2. The van der Waals surface area contributed by atoms with Crippen LogP contribution in [0.5, 0.6) is 5.75 Å². The highest BCUT2D eigenvalue weighted by Gasteiger charge is 2.15. The summed E-state index contributed by atoms with van der Waals surface area (Å²) in [6.45, 7) is 2.09. The van der Waals surface area contributed by atoms with Crippen LogP contribution in [-0.2, 0) is 4.74 Å². The molecule has 1 aromatic carbocycles. The average Bonchev–Trinajstić information content (AvgIpc) is 2.92. The molecule has 94 valence electrons. The van der Waals surface area contributed by atoms with Gasteiger partial charge in [-0.2, -0.15) is 0 Å². The number of esters is 1. The van der Waals surface area contributed by atoms with Crippen molar-refractivity contribution in [2.75, 3.05) is 13.7 Å². The Morgan fingerprint density at radius 1 is 1.44 bits per heavy atom. The van der Waals surface area contributed by atoms with Crippen molar-refractivity contribution in [3.8, 4) is 17.0 Å². The maximum absolute atomic E-state index is 11.8. The van der Waals surface area contributed by atoms with Gasteiger partial charge in [-0.25, -0.2) is 4.79 Å². The Morgan fingerprint density at radius 3 is 2.89 bits per heavy atom. The number of hydrogen-bond donors (Lipinski definition) is 0. The third-order valence-electron chi connectivity index (χ3n) is 2.35. The average molecular weight is 264 g/mol. The van der Waals surface area contributed by atoms with Gasteiger partial charge in [-0.1, -0.05) is 4.49 Å². The molecule has 0 radical (unpaired) electrons. The summed E-state index contributed by atoms with van der Waals surface area (Å²) in [5.74, 6) is 0.0831. The Morgan fingerprint density at radius 2 is 2.28 bits per heavy atom. The summed E-state index contributed by atoms with van der Waals surface area (Å²) < 4.78 is 13.9. The van der Waals surface area contributed by atoms with E-state index >= 15 is 0 Å². The fourth-order valence-corrected chi connectivity index (χ4v) is 1.99. The first kappa shape index (κ1) is 12.5. The molecule has 0 aliphatic rings. The number of nitrogens with zero attached hydrogens (tertiary/aromatic N) is 2. The van der Waals surface area contributed by atoms with Crippen LogP contribution in [0.1, 0.15) is 17.3 Å². The molecule has 5 nitrogen and oxygen atoms in total. The number of benzene rings is 1. The zero-order chi connectivity index (χ0) is 13.0. The second kappa shape index (κ2) is 5.59. The summed E-state index contributed by atoms with van der Waals surface area (Å²) in [6, 6.07) is 5.26. The zero-order valence-electron chi connectivity index (χ0n) is 10.0. The highest BCUT2D eigenvalue weighted by molar-refractivity contribution is 7.03. The lowest BCUT2D eigenvalue weighted by molar-refractivity contribution is 0.0523. The van der Waals surface area contributed by atoms with E-state index in [1.54, 1.807) is 19.1 Å². The van der Waals surface area contributed by atoms with E-state index in [9.17, 15) is 4.79 Å². The van der Waals surface area contributed by atoms with E-state index in [2.05, 4.69) is 9.59 Å². The molecule has 0 aliphatic heterocycles. The Bertz CT molecular complexity index is 540. The summed E-state index contributed by atoms with van der Waals surface area (Å²) >= 11 is 1.26. The minimum Gasteiger partial charge on any atom is -0.496 e. The second-order valence-electron chi connectivity index (χ2n) is 3.43. The number of methoxy groups -OCH3 is 1. The molecule has 1 aromatic heterocycles. The molecule has 0 saturated carbocycles. The maximum Gasteiger partial charge on any atom is 0.341 e. The Kier molecular flexibility index (Phi) is 3.88. The fraction of sp³-hybridized carbons (Fsp3) is 0.250. The quantitative estimate of drug-likeness (QED) is 0.793. The summed E-state index contributed by atoms with van der Waals surface area (Å²) in [7, 11) is 1.52. The number of ether oxygens (including phenoxy) is 2. The van der Waals surface area contributed by atoms with E-state index in [0.717, 1.165) is 11.3 Å². The van der Waals surface area contributed by atoms with Crippen molar-refractivity contribution in [3.05, 3.63) is 29.1 Å². The zero-order valence-corrected chi connectivity index (χ0v) is 10.9. The number of carbonyl (C=O) groups excluding carboxylic acids is 1. The van der Waals surface area contributed by atoms with Crippen molar-refractivity contribution in [3.63, 3.8) is 0 Å². The van der Waals surface area contributed by atoms with Gasteiger partial charge in [0.15, 0.2) is 0 Å². The SMILES string of the molecule is CCOC(=O)c1cc(-c2csnn2)ccc1OC. The molecule has 0 N–H and O–H groups in total. The van der Waals surface area contributed by atoms with Crippen LogP contribution in [-0.4, -0.2) is 29.3 Å². The van der Waals surface area contributed by atoms with Crippen LogP contribution in [0.25, 0.3) is 11.3 Å². The van der Waals surface area contributed by atoms with Crippen LogP contribution < -0.4 is 4.74 Å². The first-order valence-electron chi connectivity index (χ1n) is 5.38. The largest absolute Gasteiger partial charge is 0.496 e. The van der Waals surface area contributed by atoms with Crippen molar-refractivity contribution < 1.29 is 14.3 Å². The molecule has 0 bridgehead atoms. The Labute approximate surface area is 109 Å². The van der Waals surface area contributed by atoms with Crippen LogP contribution in [0.4, 0.5) is 0 Å². The van der Waals surface area contributed by atoms with Crippen molar-refractivity contribution in [2.24, 2.45) is 0 Å². The van der Waals surface area contributed by atoms with Crippen LogP contribution >= 0.6 is 11.5 Å². The van der Waals surface area contributed by atoms with Crippen molar-refractivity contribution in [1.29, 1.82) is 0 Å². The van der Waals surface area contributed by atoms with Gasteiger partial charge in [0.05, 0.1) is 13.7 Å². The van der Waals surface area contributed by atoms with Gasteiger partial charge in [0.1, 0.15) is 17.0 Å². The lowest BCUT2D eigenvalue weighted by Crippen LogP contribution is -2.07. The molecule has 0 saturated heterocycles. The molecule has 0 aliphatic carbocycles. The van der Waals surface area contributed by atoms with Crippen molar-refractivity contribution in [1.82, 2.24) is 9.59 Å². The van der Waals surface area contributed by atoms with Crippen LogP contribution in [0.15, 0.2) is 23.6 Å². The second-order valence-corrected chi connectivity index (χ2v) is 4.04. The van der Waals surface area contributed by atoms with Gasteiger partial charge in [0, 0.05) is 10.9 Å². The third-order valence-corrected chi connectivity index (χ3v) is 2.86. The van der Waals surface area contributed by atoms with E-state index in [-0.39, 0.29) is 0 Å². The first-order chi connectivity index (χ1) is 8.76. The van der Waals surface area contributed by atoms with E-state index in [4.69, 9.17) is 9.47 Å². The molecule has 0 spiro atoms. The molecule has 6 heteroatoms. The Balaban J connectivity index is 2.42. The molecule has 0 fully saturated rings. The third kappa shape index (κ3) is 2.48. The van der Waals surface area contributed by atoms with Crippen LogP contribution in [0.2, 0.25) is 0 Å². The van der Waals surface area contributed by atoms with Gasteiger partial charge in [0.2, 0.25) is 0 Å². The molecule has 2 aromatic rings. The number of carbonyl (C=O) groups is 1. The molecular weight excluding hydrogens is 252 g/mol. The lowest BCUT2D eigenvalue weighted by Gasteiger charge is -2.08. The molecule has 18 heavy (non-hydrogen) atoms. The normalized spacial score (nSPS) is 10.1. The van der Waals surface area contributed by atoms with Gasteiger partial charge >= 0.3 is 5.97 Å². The smallest absolute Gasteiger partial charge is 0.341 e. The summed E-state index contributed by atoms with van der Waals surface area (Å²) in [6.07, 6.45) is 0. The number of hydrogen-bond acceptors (Lipinski definition) is 6. The maximum atomic E-state index is 11.8. The van der Waals surface area contributed by atoms with Gasteiger partial charge in [-0.05, 0) is 36.7 Å². The summed E-state index contributed by atoms with van der Waals surface area (Å²) in [5.41, 5.74) is 1.94. The van der Waals surface area contributed by atoms with Crippen LogP contribution in [0, 0.1) is 0 Å². The number of rotatable bonds is 4. The van der Waals surface area contributed by atoms with Gasteiger partial charge in [0.25, 0.3) is 0 Å². The Hall–Kier alpha value is -1.95. The predicted molar refractivity (Wildman–Crippen MR) is 67.9 cm³/mol. The van der Waals surface area contributed by atoms with E-state index in [1.807, 2.05) is 11.4 Å². The van der Waals surface area contributed by atoms with Gasteiger partial charge < -0.3 is 9.47 Å². The van der Waals surface area contributed by atoms with Crippen LogP contribution in [0.3, 0.4) is 0 Å². The molecule has 2 rings (SSSR count). The van der Waals surface area contributed by atoms with Gasteiger partial charge in [-0.15, -0.1) is 5.10 Å². The molecular formula is C12H12N2O3S. The molecule has 0 amide bonds. The van der Waals surface area contributed by atoms with Crippen molar-refractivity contribution >= 4 is 17.5 Å². The summed E-state index contributed by atoms with van der Waals surface area (Å²) in [5, 5.41) is 5.78. The minimum atomic E-state index is -0.403. The standard InChI is InChI=1S/C12H12N2O3S/c1-3-17-12(15)9-6-8(4-5-11(9)16-2)10-7-18-14-13-10/h4-7H,3H2,1-2H3. The minimum absolute atomic E-state index is 0.324.